The predicted octanol–water partition coefficient (Wildman–Crippen LogP) is 2.85. The summed E-state index contributed by atoms with van der Waals surface area (Å²) in [7, 11) is 0. The van der Waals surface area contributed by atoms with Gasteiger partial charge in [-0.2, -0.15) is 5.10 Å². The van der Waals surface area contributed by atoms with Crippen molar-refractivity contribution in [3.63, 3.8) is 0 Å². The number of furan rings is 1. The first-order valence-electron chi connectivity index (χ1n) is 9.88. The van der Waals surface area contributed by atoms with Crippen LogP contribution in [0.15, 0.2) is 53.1 Å². The van der Waals surface area contributed by atoms with Crippen LogP contribution in [-0.4, -0.2) is 40.2 Å². The Balaban J connectivity index is 1.61. The highest BCUT2D eigenvalue weighted by molar-refractivity contribution is 5.96. The number of aryl methyl sites for hydroxylation is 1. The zero-order valence-corrected chi connectivity index (χ0v) is 17.8. The van der Waals surface area contributed by atoms with E-state index >= 15 is 0 Å². The summed E-state index contributed by atoms with van der Waals surface area (Å²) in [6.07, 6.45) is 1.35. The third-order valence-electron chi connectivity index (χ3n) is 4.47. The number of amides is 2. The first kappa shape index (κ1) is 22.7. The average Bonchev–Trinajstić information content (AvgIpc) is 3.40. The molecule has 0 saturated carbocycles. The van der Waals surface area contributed by atoms with Gasteiger partial charge in [0, 0.05) is 6.07 Å². The van der Waals surface area contributed by atoms with Crippen LogP contribution >= 0.6 is 0 Å². The van der Waals surface area contributed by atoms with Crippen LogP contribution in [-0.2, 0) is 14.3 Å². The maximum Gasteiger partial charge on any atom is 0.329 e. The second-order valence-electron chi connectivity index (χ2n) is 7.39. The van der Waals surface area contributed by atoms with E-state index in [9.17, 15) is 18.8 Å². The third-order valence-corrected chi connectivity index (χ3v) is 4.47. The lowest BCUT2D eigenvalue weighted by Crippen LogP contribution is -2.45. The van der Waals surface area contributed by atoms with Crippen molar-refractivity contribution in [2.24, 2.45) is 5.92 Å². The van der Waals surface area contributed by atoms with E-state index in [1.165, 1.54) is 41.3 Å². The van der Waals surface area contributed by atoms with Gasteiger partial charge in [-0.1, -0.05) is 13.8 Å². The minimum absolute atomic E-state index is 0.0608. The Morgan fingerprint density at radius 3 is 2.53 bits per heavy atom. The number of ether oxygens (including phenoxy) is 1. The lowest BCUT2D eigenvalue weighted by molar-refractivity contribution is -0.150. The van der Waals surface area contributed by atoms with E-state index in [1.54, 1.807) is 32.9 Å². The molecule has 2 amide bonds. The summed E-state index contributed by atoms with van der Waals surface area (Å²) in [5, 5.41) is 9.45. The molecule has 1 atom stereocenters. The molecule has 0 bridgehead atoms. The average molecular weight is 442 g/mol. The molecule has 9 nitrogen and oxygen atoms in total. The van der Waals surface area contributed by atoms with Gasteiger partial charge in [0.2, 0.25) is 0 Å². The zero-order valence-electron chi connectivity index (χ0n) is 17.8. The van der Waals surface area contributed by atoms with Gasteiger partial charge in [-0.3, -0.25) is 9.59 Å². The molecule has 168 valence electrons. The van der Waals surface area contributed by atoms with Gasteiger partial charge < -0.3 is 19.8 Å². The number of benzene rings is 1. The number of carbonyl (C=O) groups is 3. The van der Waals surface area contributed by atoms with E-state index in [0.717, 1.165) is 0 Å². The molecule has 0 aliphatic rings. The molecule has 2 aromatic heterocycles. The van der Waals surface area contributed by atoms with Gasteiger partial charge in [0.25, 0.3) is 11.8 Å². The van der Waals surface area contributed by atoms with Gasteiger partial charge in [0.15, 0.2) is 12.4 Å². The van der Waals surface area contributed by atoms with Crippen molar-refractivity contribution < 1.29 is 27.9 Å². The fraction of sp³-hybridized carbons (Fsp3) is 0.273. The number of esters is 1. The van der Waals surface area contributed by atoms with Crippen molar-refractivity contribution in [3.8, 4) is 5.69 Å². The van der Waals surface area contributed by atoms with Crippen molar-refractivity contribution >= 4 is 23.6 Å². The first-order chi connectivity index (χ1) is 15.2. The lowest BCUT2D eigenvalue weighted by atomic mass is 10.0. The molecule has 0 aliphatic heterocycles. The second-order valence-corrected chi connectivity index (χ2v) is 7.39. The maximum absolute atomic E-state index is 13.2. The Kier molecular flexibility index (Phi) is 7.04. The fourth-order valence-electron chi connectivity index (χ4n) is 2.89. The largest absolute Gasteiger partial charge is 0.459 e. The van der Waals surface area contributed by atoms with Crippen molar-refractivity contribution in [2.75, 3.05) is 11.9 Å². The summed E-state index contributed by atoms with van der Waals surface area (Å²) >= 11 is 0. The number of hydrogen-bond acceptors (Lipinski definition) is 6. The Morgan fingerprint density at radius 1 is 1.19 bits per heavy atom. The quantitative estimate of drug-likeness (QED) is 0.519. The summed E-state index contributed by atoms with van der Waals surface area (Å²) in [5.41, 5.74) is 1.18. The van der Waals surface area contributed by atoms with E-state index in [4.69, 9.17) is 9.15 Å². The van der Waals surface area contributed by atoms with Gasteiger partial charge >= 0.3 is 5.97 Å². The second kappa shape index (κ2) is 9.90. The molecule has 0 fully saturated rings. The Labute approximate surface area is 183 Å². The van der Waals surface area contributed by atoms with Crippen LogP contribution in [0.4, 0.5) is 10.2 Å². The van der Waals surface area contributed by atoms with Gasteiger partial charge in [-0.05, 0) is 49.2 Å². The number of halogens is 1. The summed E-state index contributed by atoms with van der Waals surface area (Å²) in [6.45, 7) is 4.65. The molecule has 0 radical (unpaired) electrons. The first-order valence-corrected chi connectivity index (χ1v) is 9.88. The minimum Gasteiger partial charge on any atom is -0.459 e. The number of aromatic nitrogens is 2. The molecule has 10 heteroatoms. The number of nitrogens with one attached hydrogen (secondary N) is 2. The molecule has 0 spiro atoms. The van der Waals surface area contributed by atoms with Crippen LogP contribution in [0.25, 0.3) is 5.69 Å². The van der Waals surface area contributed by atoms with Crippen molar-refractivity contribution in [1.82, 2.24) is 15.1 Å². The topological polar surface area (TPSA) is 115 Å². The van der Waals surface area contributed by atoms with Crippen LogP contribution < -0.4 is 10.6 Å². The SMILES string of the molecule is Cc1cc(NC(=O)COC(=O)[C@@H](NC(=O)c2ccco2)C(C)C)n(-c2ccc(F)cc2)n1. The van der Waals surface area contributed by atoms with E-state index in [2.05, 4.69) is 15.7 Å². The Bertz CT molecular complexity index is 1090. The number of hydrogen-bond donors (Lipinski definition) is 2. The van der Waals surface area contributed by atoms with E-state index in [-0.39, 0.29) is 11.7 Å². The van der Waals surface area contributed by atoms with Crippen molar-refractivity contribution in [1.29, 1.82) is 0 Å². The molecule has 3 aromatic rings. The molecule has 2 heterocycles. The van der Waals surface area contributed by atoms with Gasteiger partial charge in [-0.15, -0.1) is 0 Å². The van der Waals surface area contributed by atoms with E-state index in [0.29, 0.717) is 17.2 Å². The molecule has 0 aliphatic carbocycles. The Hall–Kier alpha value is -3.95. The van der Waals surface area contributed by atoms with Crippen LogP contribution in [0.5, 0.6) is 0 Å². The number of carbonyl (C=O) groups excluding carboxylic acids is 3. The molecule has 1 aromatic carbocycles. The van der Waals surface area contributed by atoms with E-state index in [1.807, 2.05) is 0 Å². The number of rotatable bonds is 8. The fourth-order valence-corrected chi connectivity index (χ4v) is 2.89. The third kappa shape index (κ3) is 5.60. The summed E-state index contributed by atoms with van der Waals surface area (Å²) in [6, 6.07) is 9.29. The standard InChI is InChI=1S/C22H23FN4O5/c1-13(2)20(25-21(29)17-5-4-10-31-17)22(30)32-12-19(28)24-18-11-14(3)26-27(18)16-8-6-15(23)7-9-16/h4-11,13,20H,12H2,1-3H3,(H,24,28)(H,25,29)/t20-/m0/s1. The summed E-state index contributed by atoms with van der Waals surface area (Å²) in [4.78, 5) is 37.0. The van der Waals surface area contributed by atoms with Crippen molar-refractivity contribution in [3.05, 3.63) is 66.0 Å². The molecule has 0 saturated heterocycles. The summed E-state index contributed by atoms with van der Waals surface area (Å²) in [5.74, 6) is -2.19. The van der Waals surface area contributed by atoms with Crippen LogP contribution in [0.3, 0.4) is 0 Å². The maximum atomic E-state index is 13.2. The minimum atomic E-state index is -0.965. The normalized spacial score (nSPS) is 11.8. The number of nitrogens with zero attached hydrogens (tertiary/aromatic N) is 2. The van der Waals surface area contributed by atoms with Gasteiger partial charge in [0.05, 0.1) is 17.6 Å². The molecule has 32 heavy (non-hydrogen) atoms. The highest BCUT2D eigenvalue weighted by atomic mass is 19.1. The van der Waals surface area contributed by atoms with Crippen LogP contribution in [0, 0.1) is 18.7 Å². The number of anilines is 1. The zero-order chi connectivity index (χ0) is 23.3. The van der Waals surface area contributed by atoms with Crippen molar-refractivity contribution in [2.45, 2.75) is 26.8 Å². The van der Waals surface area contributed by atoms with Crippen LogP contribution in [0.1, 0.15) is 30.1 Å². The molecule has 3 rings (SSSR count). The lowest BCUT2D eigenvalue weighted by Gasteiger charge is -2.20. The molecule has 0 unspecified atom stereocenters. The van der Waals surface area contributed by atoms with Crippen LogP contribution in [0.2, 0.25) is 0 Å². The van der Waals surface area contributed by atoms with Gasteiger partial charge in [-0.25, -0.2) is 13.9 Å². The highest BCUT2D eigenvalue weighted by Gasteiger charge is 2.27. The molecular weight excluding hydrogens is 419 g/mol. The van der Waals surface area contributed by atoms with E-state index < -0.39 is 36.2 Å². The summed E-state index contributed by atoms with van der Waals surface area (Å²) < 4.78 is 24.8. The Morgan fingerprint density at radius 2 is 1.91 bits per heavy atom. The predicted molar refractivity (Wildman–Crippen MR) is 113 cm³/mol. The molecular formula is C22H23FN4O5. The van der Waals surface area contributed by atoms with Gasteiger partial charge in [0.1, 0.15) is 17.7 Å². The monoisotopic (exact) mass is 442 g/mol. The highest BCUT2D eigenvalue weighted by Crippen LogP contribution is 2.17. The smallest absolute Gasteiger partial charge is 0.329 e. The molecule has 2 N–H and O–H groups in total.